The molecule has 16 heavy (non-hydrogen) atoms. The summed E-state index contributed by atoms with van der Waals surface area (Å²) in [5, 5.41) is 0. The van der Waals surface area contributed by atoms with Crippen LogP contribution in [0.3, 0.4) is 0 Å². The van der Waals surface area contributed by atoms with Crippen LogP contribution in [0.15, 0.2) is 23.1 Å². The van der Waals surface area contributed by atoms with Gasteiger partial charge in [-0.25, -0.2) is 13.1 Å². The van der Waals surface area contributed by atoms with Crippen molar-refractivity contribution in [3.05, 3.63) is 34.2 Å². The predicted molar refractivity (Wildman–Crippen MR) is 62.6 cm³/mol. The highest BCUT2D eigenvalue weighted by atomic mass is 32.2. The molecule has 6 heteroatoms. The third-order valence-electron chi connectivity index (χ3n) is 2.10. The summed E-state index contributed by atoms with van der Waals surface area (Å²) in [7, 11) is -3.22. The molecule has 0 unspecified atom stereocenters. The molecule has 0 aliphatic carbocycles. The van der Waals surface area contributed by atoms with Crippen molar-refractivity contribution in [3.8, 4) is 0 Å². The van der Waals surface area contributed by atoms with Gasteiger partial charge in [-0.2, -0.15) is 0 Å². The van der Waals surface area contributed by atoms with Gasteiger partial charge >= 0.3 is 0 Å². The molecule has 1 aromatic rings. The van der Waals surface area contributed by atoms with Gasteiger partial charge in [0.25, 0.3) is 0 Å². The van der Waals surface area contributed by atoms with E-state index >= 15 is 0 Å². The van der Waals surface area contributed by atoms with E-state index in [9.17, 15) is 13.2 Å². The van der Waals surface area contributed by atoms with Gasteiger partial charge in [-0.05, 0) is 18.1 Å². The Morgan fingerprint density at radius 1 is 1.44 bits per heavy atom. The first-order valence-corrected chi connectivity index (χ1v) is 6.83. The average molecular weight is 244 g/mol. The van der Waals surface area contributed by atoms with E-state index in [1.54, 1.807) is 6.07 Å². The molecule has 0 radical (unpaired) electrons. The van der Waals surface area contributed by atoms with E-state index in [-0.39, 0.29) is 17.9 Å². The average Bonchev–Trinajstić information content (AvgIpc) is 2.24. The van der Waals surface area contributed by atoms with Gasteiger partial charge in [-0.15, -0.1) is 0 Å². The highest BCUT2D eigenvalue weighted by molar-refractivity contribution is 7.89. The second-order valence-corrected chi connectivity index (χ2v) is 5.48. The number of H-pyrrole nitrogens is 1. The minimum absolute atomic E-state index is 0.132. The molecule has 0 saturated heterocycles. The van der Waals surface area contributed by atoms with Crippen molar-refractivity contribution >= 4 is 10.0 Å². The molecule has 0 amide bonds. The van der Waals surface area contributed by atoms with E-state index in [0.717, 1.165) is 6.42 Å². The van der Waals surface area contributed by atoms with Gasteiger partial charge in [0.1, 0.15) is 0 Å². The van der Waals surface area contributed by atoms with Gasteiger partial charge in [0.05, 0.1) is 5.75 Å². The number of hydrogen-bond acceptors (Lipinski definition) is 3. The summed E-state index contributed by atoms with van der Waals surface area (Å²) < 4.78 is 25.4. The zero-order chi connectivity index (χ0) is 12.0. The predicted octanol–water partition coefficient (Wildman–Crippen LogP) is 0.594. The summed E-state index contributed by atoms with van der Waals surface area (Å²) in [5.41, 5.74) is 0.425. The number of rotatable bonds is 6. The molecule has 0 fully saturated rings. The van der Waals surface area contributed by atoms with Crippen molar-refractivity contribution in [2.24, 2.45) is 0 Å². The van der Waals surface area contributed by atoms with Crippen molar-refractivity contribution in [1.82, 2.24) is 9.71 Å². The zero-order valence-corrected chi connectivity index (χ0v) is 10.0. The summed E-state index contributed by atoms with van der Waals surface area (Å²) in [6, 6.07) is 3.05. The van der Waals surface area contributed by atoms with E-state index in [2.05, 4.69) is 9.71 Å². The van der Waals surface area contributed by atoms with Gasteiger partial charge < -0.3 is 4.98 Å². The normalized spacial score (nSPS) is 11.6. The fraction of sp³-hybridized carbons (Fsp3) is 0.500. The van der Waals surface area contributed by atoms with Crippen molar-refractivity contribution in [3.63, 3.8) is 0 Å². The van der Waals surface area contributed by atoms with Crippen LogP contribution in [0.5, 0.6) is 0 Å². The van der Waals surface area contributed by atoms with Crippen molar-refractivity contribution < 1.29 is 8.42 Å². The van der Waals surface area contributed by atoms with Gasteiger partial charge in [0.15, 0.2) is 0 Å². The Kier molecular flexibility index (Phi) is 4.70. The number of aromatic nitrogens is 1. The number of hydrogen-bond donors (Lipinski definition) is 2. The van der Waals surface area contributed by atoms with Crippen LogP contribution in [0.1, 0.15) is 25.3 Å². The van der Waals surface area contributed by atoms with Crippen molar-refractivity contribution in [1.29, 1.82) is 0 Å². The van der Waals surface area contributed by atoms with E-state index in [1.165, 1.54) is 12.3 Å². The fourth-order valence-electron chi connectivity index (χ4n) is 1.20. The van der Waals surface area contributed by atoms with Gasteiger partial charge in [0.2, 0.25) is 15.6 Å². The Labute approximate surface area is 94.9 Å². The first kappa shape index (κ1) is 12.9. The molecule has 0 atom stereocenters. The second kappa shape index (κ2) is 5.81. The van der Waals surface area contributed by atoms with Crippen LogP contribution in [0.4, 0.5) is 0 Å². The van der Waals surface area contributed by atoms with Crippen molar-refractivity contribution in [2.75, 3.05) is 5.75 Å². The summed E-state index contributed by atoms with van der Waals surface area (Å²) in [6.45, 7) is 2.10. The SMILES string of the molecule is CCCCS(=O)(=O)NCc1cc[nH]c(=O)c1. The standard InChI is InChI=1S/C10H16N2O3S/c1-2-3-6-16(14,15)12-8-9-4-5-11-10(13)7-9/h4-5,7,12H,2-3,6,8H2,1H3,(H,11,13). The van der Waals surface area contributed by atoms with Gasteiger partial charge in [-0.1, -0.05) is 13.3 Å². The number of sulfonamides is 1. The molecule has 1 rings (SSSR count). The quantitative estimate of drug-likeness (QED) is 0.769. The smallest absolute Gasteiger partial charge is 0.248 e. The minimum Gasteiger partial charge on any atom is -0.329 e. The van der Waals surface area contributed by atoms with E-state index in [4.69, 9.17) is 0 Å². The fourth-order valence-corrected chi connectivity index (χ4v) is 2.40. The third kappa shape index (κ3) is 4.59. The summed E-state index contributed by atoms with van der Waals surface area (Å²) in [5.74, 6) is 0.132. The van der Waals surface area contributed by atoms with E-state index in [0.29, 0.717) is 12.0 Å². The molecule has 0 spiro atoms. The van der Waals surface area contributed by atoms with Crippen LogP contribution in [0.25, 0.3) is 0 Å². The summed E-state index contributed by atoms with van der Waals surface area (Å²) in [6.07, 6.45) is 2.98. The van der Waals surface area contributed by atoms with Crippen LogP contribution < -0.4 is 10.3 Å². The van der Waals surface area contributed by atoms with Crippen LogP contribution >= 0.6 is 0 Å². The first-order chi connectivity index (χ1) is 7.53. The molecular formula is C10H16N2O3S. The number of pyridine rings is 1. The molecule has 2 N–H and O–H groups in total. The molecule has 1 aromatic heterocycles. The summed E-state index contributed by atoms with van der Waals surface area (Å²) >= 11 is 0. The topological polar surface area (TPSA) is 79.0 Å². The van der Waals surface area contributed by atoms with Crippen molar-refractivity contribution in [2.45, 2.75) is 26.3 Å². The third-order valence-corrected chi connectivity index (χ3v) is 3.51. The Hall–Kier alpha value is -1.14. The second-order valence-electron chi connectivity index (χ2n) is 3.55. The first-order valence-electron chi connectivity index (χ1n) is 5.18. The largest absolute Gasteiger partial charge is 0.329 e. The monoisotopic (exact) mass is 244 g/mol. The Morgan fingerprint density at radius 3 is 2.81 bits per heavy atom. The molecular weight excluding hydrogens is 228 g/mol. The highest BCUT2D eigenvalue weighted by Gasteiger charge is 2.08. The van der Waals surface area contributed by atoms with Crippen LogP contribution in [0, 0.1) is 0 Å². The molecule has 0 bridgehead atoms. The Bertz CT molecular complexity index is 479. The molecule has 5 nitrogen and oxygen atoms in total. The van der Waals surface area contributed by atoms with Crippen LogP contribution in [-0.4, -0.2) is 19.2 Å². The number of nitrogens with one attached hydrogen (secondary N) is 2. The van der Waals surface area contributed by atoms with E-state index < -0.39 is 10.0 Å². The molecule has 0 aliphatic heterocycles. The van der Waals surface area contributed by atoms with Gasteiger partial charge in [0, 0.05) is 18.8 Å². The zero-order valence-electron chi connectivity index (χ0n) is 9.19. The number of unbranched alkanes of at least 4 members (excludes halogenated alkanes) is 1. The maximum atomic E-state index is 11.5. The Morgan fingerprint density at radius 2 is 2.19 bits per heavy atom. The van der Waals surface area contributed by atoms with Crippen LogP contribution in [-0.2, 0) is 16.6 Å². The lowest BCUT2D eigenvalue weighted by Crippen LogP contribution is -2.26. The molecule has 0 aromatic carbocycles. The molecule has 90 valence electrons. The lowest BCUT2D eigenvalue weighted by Gasteiger charge is -2.05. The number of aromatic amines is 1. The molecule has 0 aliphatic rings. The maximum absolute atomic E-state index is 11.5. The molecule has 0 saturated carbocycles. The molecule has 1 heterocycles. The minimum atomic E-state index is -3.22. The maximum Gasteiger partial charge on any atom is 0.248 e. The lowest BCUT2D eigenvalue weighted by molar-refractivity contribution is 0.578. The lowest BCUT2D eigenvalue weighted by atomic mass is 10.3. The van der Waals surface area contributed by atoms with E-state index in [1.807, 2.05) is 6.92 Å². The highest BCUT2D eigenvalue weighted by Crippen LogP contribution is 1.97. The summed E-state index contributed by atoms with van der Waals surface area (Å²) in [4.78, 5) is 13.4. The van der Waals surface area contributed by atoms with Gasteiger partial charge in [-0.3, -0.25) is 4.79 Å². The Balaban J connectivity index is 2.54. The van der Waals surface area contributed by atoms with Crippen LogP contribution in [0.2, 0.25) is 0 Å².